The first-order chi connectivity index (χ1) is 13.7. The summed E-state index contributed by atoms with van der Waals surface area (Å²) in [5.41, 5.74) is 1.85. The van der Waals surface area contributed by atoms with Crippen LogP contribution in [0.4, 0.5) is 0 Å². The van der Waals surface area contributed by atoms with Gasteiger partial charge in [0.2, 0.25) is 11.1 Å². The van der Waals surface area contributed by atoms with Gasteiger partial charge in [-0.3, -0.25) is 4.79 Å². The normalized spacial score (nSPS) is 10.5. The number of amides is 1. The lowest BCUT2D eigenvalue weighted by Gasteiger charge is -2.09. The molecule has 2 aromatic carbocycles. The fourth-order valence-corrected chi connectivity index (χ4v) is 3.30. The number of carbonyl (C=O) groups excluding carboxylic acids is 1. The van der Waals surface area contributed by atoms with E-state index in [0.717, 1.165) is 22.7 Å². The minimum absolute atomic E-state index is 0.0795. The van der Waals surface area contributed by atoms with E-state index in [1.54, 1.807) is 18.9 Å². The van der Waals surface area contributed by atoms with Crippen molar-refractivity contribution in [2.45, 2.75) is 11.6 Å². The molecule has 0 aliphatic carbocycles. The molecule has 28 heavy (non-hydrogen) atoms. The molecule has 0 fully saturated rings. The van der Waals surface area contributed by atoms with Gasteiger partial charge in [-0.2, -0.15) is 4.68 Å². The number of nitrogens with zero attached hydrogens (tertiary/aromatic N) is 4. The maximum atomic E-state index is 12.2. The lowest BCUT2D eigenvalue weighted by Crippen LogP contribution is -2.27. The molecule has 0 aliphatic heterocycles. The van der Waals surface area contributed by atoms with Crippen LogP contribution in [-0.4, -0.2) is 52.6 Å². The smallest absolute Gasteiger partial charge is 0.230 e. The van der Waals surface area contributed by atoms with Crippen LogP contribution in [0.3, 0.4) is 0 Å². The van der Waals surface area contributed by atoms with Crippen molar-refractivity contribution in [3.63, 3.8) is 0 Å². The SMILES string of the molecule is COc1ccc(-n2nnnc2SCC(=O)NCCc2ccccc2OC)cc1. The summed E-state index contributed by atoms with van der Waals surface area (Å²) < 4.78 is 12.1. The van der Waals surface area contributed by atoms with Gasteiger partial charge >= 0.3 is 0 Å². The molecule has 0 saturated heterocycles. The minimum Gasteiger partial charge on any atom is -0.497 e. The molecule has 1 aromatic heterocycles. The quantitative estimate of drug-likeness (QED) is 0.551. The number of hydrogen-bond donors (Lipinski definition) is 1. The Labute approximate surface area is 167 Å². The Hall–Kier alpha value is -3.07. The van der Waals surface area contributed by atoms with Gasteiger partial charge in [-0.05, 0) is 52.7 Å². The molecule has 0 radical (unpaired) electrons. The van der Waals surface area contributed by atoms with Gasteiger partial charge in [0.15, 0.2) is 0 Å². The van der Waals surface area contributed by atoms with Crippen molar-refractivity contribution in [3.05, 3.63) is 54.1 Å². The highest BCUT2D eigenvalue weighted by Crippen LogP contribution is 2.20. The second-order valence-corrected chi connectivity index (χ2v) is 6.71. The van der Waals surface area contributed by atoms with Crippen LogP contribution in [0.25, 0.3) is 5.69 Å². The zero-order valence-corrected chi connectivity index (χ0v) is 16.5. The second kappa shape index (κ2) is 9.75. The summed E-state index contributed by atoms with van der Waals surface area (Å²) in [6.07, 6.45) is 0.698. The van der Waals surface area contributed by atoms with E-state index in [1.807, 2.05) is 48.5 Å². The topological polar surface area (TPSA) is 91.2 Å². The highest BCUT2D eigenvalue weighted by molar-refractivity contribution is 7.99. The predicted octanol–water partition coefficient (Wildman–Crippen LogP) is 2.13. The van der Waals surface area contributed by atoms with Gasteiger partial charge in [-0.15, -0.1) is 5.10 Å². The summed E-state index contributed by atoms with van der Waals surface area (Å²) in [7, 11) is 3.25. The summed E-state index contributed by atoms with van der Waals surface area (Å²) in [6, 6.07) is 15.1. The Balaban J connectivity index is 1.50. The number of benzene rings is 2. The van der Waals surface area contributed by atoms with Gasteiger partial charge in [-0.1, -0.05) is 30.0 Å². The van der Waals surface area contributed by atoms with Gasteiger partial charge in [0.05, 0.1) is 25.7 Å². The van der Waals surface area contributed by atoms with Crippen LogP contribution in [0.2, 0.25) is 0 Å². The largest absolute Gasteiger partial charge is 0.497 e. The standard InChI is InChI=1S/C19H21N5O3S/c1-26-16-9-7-15(8-10-16)24-19(21-22-23-24)28-13-18(25)20-12-11-14-5-3-4-6-17(14)27-2/h3-10H,11-13H2,1-2H3,(H,20,25). The molecule has 146 valence electrons. The first-order valence-corrected chi connectivity index (χ1v) is 9.64. The van der Waals surface area contributed by atoms with Crippen LogP contribution in [0.1, 0.15) is 5.56 Å². The van der Waals surface area contributed by atoms with E-state index in [-0.39, 0.29) is 11.7 Å². The zero-order chi connectivity index (χ0) is 19.8. The van der Waals surface area contributed by atoms with E-state index in [9.17, 15) is 4.79 Å². The van der Waals surface area contributed by atoms with E-state index in [1.165, 1.54) is 11.8 Å². The number of nitrogens with one attached hydrogen (secondary N) is 1. The third-order valence-electron chi connectivity index (χ3n) is 4.00. The Morgan fingerprint density at radius 2 is 1.89 bits per heavy atom. The minimum atomic E-state index is -0.0795. The van der Waals surface area contributed by atoms with Crippen molar-refractivity contribution >= 4 is 17.7 Å². The maximum absolute atomic E-state index is 12.2. The van der Waals surface area contributed by atoms with Gasteiger partial charge in [0, 0.05) is 6.54 Å². The van der Waals surface area contributed by atoms with Crippen LogP contribution in [0.15, 0.2) is 53.7 Å². The predicted molar refractivity (Wildman–Crippen MR) is 106 cm³/mol. The number of ether oxygens (including phenoxy) is 2. The molecule has 0 aliphatic rings. The molecule has 1 N–H and O–H groups in total. The number of methoxy groups -OCH3 is 2. The number of rotatable bonds is 9. The van der Waals surface area contributed by atoms with Crippen LogP contribution in [0, 0.1) is 0 Å². The molecular weight excluding hydrogens is 378 g/mol. The number of hydrogen-bond acceptors (Lipinski definition) is 7. The van der Waals surface area contributed by atoms with E-state index in [4.69, 9.17) is 9.47 Å². The summed E-state index contributed by atoms with van der Waals surface area (Å²) in [6.45, 7) is 0.531. The maximum Gasteiger partial charge on any atom is 0.230 e. The lowest BCUT2D eigenvalue weighted by molar-refractivity contribution is -0.118. The molecule has 0 bridgehead atoms. The van der Waals surface area contributed by atoms with Crippen molar-refractivity contribution < 1.29 is 14.3 Å². The van der Waals surface area contributed by atoms with E-state index in [2.05, 4.69) is 20.8 Å². The van der Waals surface area contributed by atoms with Crippen molar-refractivity contribution in [1.82, 2.24) is 25.5 Å². The molecule has 1 amide bonds. The van der Waals surface area contributed by atoms with Crippen molar-refractivity contribution in [1.29, 1.82) is 0 Å². The average molecular weight is 399 g/mol. The van der Waals surface area contributed by atoms with Crippen LogP contribution in [-0.2, 0) is 11.2 Å². The summed E-state index contributed by atoms with van der Waals surface area (Å²) in [4.78, 5) is 12.2. The first-order valence-electron chi connectivity index (χ1n) is 8.65. The average Bonchev–Trinajstić information content (AvgIpc) is 3.21. The molecular formula is C19H21N5O3S. The van der Waals surface area contributed by atoms with Gasteiger partial charge in [0.1, 0.15) is 11.5 Å². The Bertz CT molecular complexity index is 914. The second-order valence-electron chi connectivity index (χ2n) is 5.77. The Morgan fingerprint density at radius 1 is 1.11 bits per heavy atom. The first kappa shape index (κ1) is 19.7. The van der Waals surface area contributed by atoms with Crippen LogP contribution < -0.4 is 14.8 Å². The molecule has 3 aromatic rings. The Kier molecular flexibility index (Phi) is 6.85. The molecule has 8 nitrogen and oxygen atoms in total. The molecule has 0 atom stereocenters. The van der Waals surface area contributed by atoms with E-state index < -0.39 is 0 Å². The fourth-order valence-electron chi connectivity index (χ4n) is 2.58. The van der Waals surface area contributed by atoms with Crippen molar-refractivity contribution in [2.75, 3.05) is 26.5 Å². The fraction of sp³-hybridized carbons (Fsp3) is 0.263. The van der Waals surface area contributed by atoms with Crippen molar-refractivity contribution in [3.8, 4) is 17.2 Å². The summed E-state index contributed by atoms with van der Waals surface area (Å²) in [5, 5.41) is 15.1. The van der Waals surface area contributed by atoms with E-state index >= 15 is 0 Å². The summed E-state index contributed by atoms with van der Waals surface area (Å²) in [5.74, 6) is 1.72. The van der Waals surface area contributed by atoms with Crippen LogP contribution >= 0.6 is 11.8 Å². The number of carbonyl (C=O) groups is 1. The third kappa shape index (κ3) is 5.01. The van der Waals surface area contributed by atoms with Gasteiger partial charge < -0.3 is 14.8 Å². The van der Waals surface area contributed by atoms with Crippen LogP contribution in [0.5, 0.6) is 11.5 Å². The molecule has 0 unspecified atom stereocenters. The highest BCUT2D eigenvalue weighted by Gasteiger charge is 2.12. The van der Waals surface area contributed by atoms with Gasteiger partial charge in [0.25, 0.3) is 0 Å². The summed E-state index contributed by atoms with van der Waals surface area (Å²) >= 11 is 1.28. The number of tetrazole rings is 1. The molecule has 1 heterocycles. The third-order valence-corrected chi connectivity index (χ3v) is 4.92. The molecule has 0 saturated carbocycles. The van der Waals surface area contributed by atoms with E-state index in [0.29, 0.717) is 18.1 Å². The molecule has 3 rings (SSSR count). The van der Waals surface area contributed by atoms with Crippen molar-refractivity contribution in [2.24, 2.45) is 0 Å². The Morgan fingerprint density at radius 3 is 2.64 bits per heavy atom. The zero-order valence-electron chi connectivity index (χ0n) is 15.7. The number of para-hydroxylation sites is 1. The lowest BCUT2D eigenvalue weighted by atomic mass is 10.1. The number of thioether (sulfide) groups is 1. The molecule has 9 heteroatoms. The monoisotopic (exact) mass is 399 g/mol. The van der Waals surface area contributed by atoms with Gasteiger partial charge in [-0.25, -0.2) is 0 Å². The highest BCUT2D eigenvalue weighted by atomic mass is 32.2. The number of aromatic nitrogens is 4. The molecule has 0 spiro atoms.